The molecule has 0 atom stereocenters. The van der Waals surface area contributed by atoms with Crippen LogP contribution >= 0.6 is 0 Å². The molecular weight excluding hydrogens is 1410 g/mol. The lowest BCUT2D eigenvalue weighted by Crippen LogP contribution is -2.41. The molecule has 0 saturated heterocycles. The first kappa shape index (κ1) is 68.4. The molecule has 2 heterocycles. The second-order valence-electron chi connectivity index (χ2n) is 32.3. The molecule has 16 aromatic rings. The molecule has 2 aliphatic heterocycles. The number of esters is 2. The third kappa shape index (κ3) is 9.69. The van der Waals surface area contributed by atoms with E-state index in [0.29, 0.717) is 55.9 Å². The van der Waals surface area contributed by atoms with Crippen LogP contribution in [0.5, 0.6) is 11.5 Å². The number of ether oxygens (including phenoxy) is 4. The van der Waals surface area contributed by atoms with Crippen LogP contribution in [-0.4, -0.2) is 62.0 Å². The maximum atomic E-state index is 15.3. The Hall–Kier alpha value is -13.6. The smallest absolute Gasteiger partial charge is 0.330 e. The molecule has 0 aromatic heterocycles. The van der Waals surface area contributed by atoms with E-state index in [4.69, 9.17) is 18.9 Å². The van der Waals surface area contributed by atoms with Crippen LogP contribution in [-0.2, 0) is 19.1 Å². The number of hydrogen-bond donors (Lipinski definition) is 0. The fraction of sp³-hybridized carbons (Fsp3) is 0.157. The van der Waals surface area contributed by atoms with Crippen molar-refractivity contribution < 1.29 is 47.7 Å². The van der Waals surface area contributed by atoms with Gasteiger partial charge in [-0.15, -0.1) is 0 Å². The maximum absolute atomic E-state index is 15.3. The van der Waals surface area contributed by atoms with Crippen LogP contribution in [0.3, 0.4) is 0 Å². The molecule has 12 nitrogen and oxygen atoms in total. The lowest BCUT2D eigenvalue weighted by Gasteiger charge is -2.33. The number of benzene rings is 16. The average molecular weight is 1490 g/mol. The van der Waals surface area contributed by atoms with E-state index < -0.39 is 11.9 Å². The van der Waals surface area contributed by atoms with Crippen LogP contribution in [0.1, 0.15) is 165 Å². The normalized spacial score (nSPS) is 14.4. The zero-order chi connectivity index (χ0) is 78.0. The summed E-state index contributed by atoms with van der Waals surface area (Å²) in [5.74, 6) is -1.72. The lowest BCUT2D eigenvalue weighted by atomic mass is 9.83. The van der Waals surface area contributed by atoms with Gasteiger partial charge in [-0.05, 0) is 307 Å². The molecule has 16 aromatic carbocycles. The van der Waals surface area contributed by atoms with Crippen molar-refractivity contribution in [1.29, 1.82) is 0 Å². The van der Waals surface area contributed by atoms with Gasteiger partial charge in [0.2, 0.25) is 0 Å². The van der Waals surface area contributed by atoms with Crippen molar-refractivity contribution >= 4 is 179 Å². The minimum absolute atomic E-state index is 0.0436. The summed E-state index contributed by atoms with van der Waals surface area (Å²) in [5.41, 5.74) is 20.3. The molecular formula is C102H74N2O10. The molecule has 4 amide bonds. The van der Waals surface area contributed by atoms with Crippen LogP contribution in [0, 0.1) is 0 Å². The first-order valence-electron chi connectivity index (χ1n) is 39.2. The molecule has 12 heteroatoms. The highest BCUT2D eigenvalue weighted by atomic mass is 16.6. The van der Waals surface area contributed by atoms with Crippen LogP contribution in [0.4, 0.5) is 11.4 Å². The second kappa shape index (κ2) is 25.0. The Morgan fingerprint density at radius 3 is 0.754 bits per heavy atom. The Morgan fingerprint density at radius 1 is 0.298 bits per heavy atom. The van der Waals surface area contributed by atoms with Gasteiger partial charge in [0.15, 0.2) is 0 Å². The number of carbonyl (C=O) groups is 6. The number of anilines is 2. The summed E-state index contributed by atoms with van der Waals surface area (Å²) in [5, 5.41) is 20.8. The van der Waals surface area contributed by atoms with Gasteiger partial charge in [-0.1, -0.05) is 166 Å². The highest BCUT2D eigenvalue weighted by Gasteiger charge is 2.42. The molecule has 0 fully saturated rings. The van der Waals surface area contributed by atoms with Crippen LogP contribution < -0.4 is 19.3 Å². The van der Waals surface area contributed by atoms with Crippen molar-refractivity contribution in [2.45, 2.75) is 79.1 Å². The van der Waals surface area contributed by atoms with Gasteiger partial charge in [0, 0.05) is 45.2 Å². The largest absolute Gasteiger partial charge is 0.490 e. The van der Waals surface area contributed by atoms with Gasteiger partial charge in [0.1, 0.15) is 37.9 Å². The van der Waals surface area contributed by atoms with Crippen molar-refractivity contribution in [3.8, 4) is 56.0 Å². The predicted molar refractivity (Wildman–Crippen MR) is 462 cm³/mol. The molecule has 5 aliphatic rings. The Kier molecular flexibility index (Phi) is 15.0. The average Bonchev–Trinajstić information content (AvgIpc) is 1.30. The summed E-state index contributed by atoms with van der Waals surface area (Å²) < 4.78 is 22.6. The molecule has 0 spiro atoms. The standard InChI is InChI=1S/C102H74N2O10/c1-11-87(105)113-35-33-111-61-45-79(49(3)4)97(80(46-61)50(5)6)103-99(107)75-29-25-67-63-17-21-71-83-41-57-37-53-13-15-55-39-59-43-85-73-23-19-65-69-27-31-77-96-78(102(110)104(101(77)109)98-81(51(7)8)47-62(48-82(98)52(9)10)112-34-36-114-88(106)12-2)32-28-70(92(69)96)66-20-24-74(94(73)90(65)66)86(85)44-60(59)40-56(55)16-14-54(53)38-58(57)42-84(83)72-22-18-64(89(63)93(71)72)68-26-30-76(100(103)108)95(75)91(67)68/h11-32,37-52H,1-2,33-36H2,3-10H3/b15-13-,16-14-,53-13?,54-14?,55-15?,56-16?. The third-order valence-corrected chi connectivity index (χ3v) is 24.7. The number of carbonyl (C=O) groups excluding carboxylic acids is 6. The third-order valence-electron chi connectivity index (χ3n) is 24.7. The fourth-order valence-electron chi connectivity index (χ4n) is 19.5. The first-order chi connectivity index (χ1) is 55.2. The van der Waals surface area contributed by atoms with Crippen LogP contribution in [0.15, 0.2) is 195 Å². The second-order valence-corrected chi connectivity index (χ2v) is 32.3. The van der Waals surface area contributed by atoms with Crippen molar-refractivity contribution in [2.24, 2.45) is 0 Å². The van der Waals surface area contributed by atoms with Gasteiger partial charge >= 0.3 is 11.9 Å². The molecule has 552 valence electrons. The number of amides is 4. The summed E-state index contributed by atoms with van der Waals surface area (Å²) in [6, 6.07) is 60.3. The summed E-state index contributed by atoms with van der Waals surface area (Å²) >= 11 is 0. The number of nitrogens with zero attached hydrogens (tertiary/aromatic N) is 2. The quantitative estimate of drug-likeness (QED) is 0.0229. The van der Waals surface area contributed by atoms with Gasteiger partial charge < -0.3 is 18.9 Å². The number of hydrogen-bond acceptors (Lipinski definition) is 10. The number of rotatable bonds is 16. The van der Waals surface area contributed by atoms with Crippen LogP contribution in [0.25, 0.3) is 177 Å². The Bertz CT molecular complexity index is 6500. The monoisotopic (exact) mass is 1490 g/mol. The summed E-state index contributed by atoms with van der Waals surface area (Å²) in [7, 11) is 0. The highest BCUT2D eigenvalue weighted by molar-refractivity contribution is 6.46. The predicted octanol–water partition coefficient (Wildman–Crippen LogP) is 24.4. The van der Waals surface area contributed by atoms with Gasteiger partial charge in [-0.3, -0.25) is 19.2 Å². The van der Waals surface area contributed by atoms with Gasteiger partial charge in [0.25, 0.3) is 23.6 Å². The van der Waals surface area contributed by atoms with Gasteiger partial charge in [-0.25, -0.2) is 19.4 Å². The topological polar surface area (TPSA) is 146 Å². The van der Waals surface area contributed by atoms with E-state index in [1.165, 1.54) is 75.9 Å². The van der Waals surface area contributed by atoms with E-state index in [0.717, 1.165) is 132 Å². The Balaban J connectivity index is 0.596. The zero-order valence-corrected chi connectivity index (χ0v) is 64.2. The molecule has 21 rings (SSSR count). The summed E-state index contributed by atoms with van der Waals surface area (Å²) in [4.78, 5) is 87.5. The van der Waals surface area contributed by atoms with Crippen molar-refractivity contribution in [3.05, 3.63) is 262 Å². The van der Waals surface area contributed by atoms with Crippen molar-refractivity contribution in [1.82, 2.24) is 0 Å². The first-order valence-corrected chi connectivity index (χ1v) is 39.2. The number of fused-ring (bicyclic) bond motifs is 14. The van der Waals surface area contributed by atoms with E-state index in [-0.39, 0.29) is 73.7 Å². The molecule has 0 bridgehead atoms. The number of imide groups is 2. The fourth-order valence-corrected chi connectivity index (χ4v) is 19.5. The summed E-state index contributed by atoms with van der Waals surface area (Å²) in [6.45, 7) is 23.6. The molecule has 3 aliphatic carbocycles. The SMILES string of the molecule is C=CC(=O)OCCOc1cc(C(C)C)c(N2C(=O)c3ccc4c5ccc6c7c(ccc(c8ccc(c3c48)C2=O)c75)-c2cc3cc4c(cc3cc2-6)/C=C\c2cc3cc5c(cc3cc2/C=C\4)-c2ccc3c4ccc6c7c(ccc(c8ccc-5c2c83)c74)C(=O)N(c2c(C(C)C)cc(OCCOC(=O)C=C)cc2C(C)C)C6=O)c(C(C)C)c1. The summed E-state index contributed by atoms with van der Waals surface area (Å²) in [6.07, 6.45) is 11.3. The Labute approximate surface area is 656 Å². The Morgan fingerprint density at radius 2 is 0.526 bits per heavy atom. The van der Waals surface area contributed by atoms with E-state index >= 15 is 19.2 Å². The zero-order valence-electron chi connectivity index (χ0n) is 64.2. The molecule has 0 saturated carbocycles. The van der Waals surface area contributed by atoms with Gasteiger partial charge in [-0.2, -0.15) is 0 Å². The van der Waals surface area contributed by atoms with Crippen molar-refractivity contribution in [3.63, 3.8) is 0 Å². The molecule has 0 radical (unpaired) electrons. The minimum Gasteiger partial charge on any atom is -0.490 e. The maximum Gasteiger partial charge on any atom is 0.330 e. The highest BCUT2D eigenvalue weighted by Crippen LogP contribution is 2.58. The van der Waals surface area contributed by atoms with E-state index in [1.807, 2.05) is 104 Å². The lowest BCUT2D eigenvalue weighted by molar-refractivity contribution is -0.139. The van der Waals surface area contributed by atoms with E-state index in [1.54, 1.807) is 0 Å². The van der Waals surface area contributed by atoms with E-state index in [9.17, 15) is 9.59 Å². The molecule has 0 unspecified atom stereocenters. The molecule has 114 heavy (non-hydrogen) atoms. The van der Waals surface area contributed by atoms with Gasteiger partial charge in [0.05, 0.1) is 11.4 Å². The minimum atomic E-state index is -0.529. The van der Waals surface area contributed by atoms with Crippen molar-refractivity contribution in [2.75, 3.05) is 36.2 Å². The van der Waals surface area contributed by atoms with E-state index in [2.05, 4.69) is 159 Å². The van der Waals surface area contributed by atoms with Crippen LogP contribution in [0.2, 0.25) is 0 Å². The molecule has 0 N–H and O–H groups in total.